The Morgan fingerprint density at radius 3 is 2.70 bits per heavy atom. The van der Waals surface area contributed by atoms with Crippen LogP contribution in [0.2, 0.25) is 0 Å². The van der Waals surface area contributed by atoms with Crippen LogP contribution in [0.1, 0.15) is 64.4 Å². The summed E-state index contributed by atoms with van der Waals surface area (Å²) in [6, 6.07) is 7.64. The van der Waals surface area contributed by atoms with Gasteiger partial charge < -0.3 is 33.5 Å². The van der Waals surface area contributed by atoms with Crippen LogP contribution in [-0.4, -0.2) is 73.6 Å². The van der Waals surface area contributed by atoms with Crippen LogP contribution in [0.15, 0.2) is 84.5 Å². The second kappa shape index (κ2) is 16.7. The molecule has 4 heterocycles. The molecule has 0 spiro atoms. The van der Waals surface area contributed by atoms with Crippen LogP contribution in [-0.2, 0) is 35.1 Å². The van der Waals surface area contributed by atoms with Crippen molar-refractivity contribution in [1.82, 2.24) is 0 Å². The third kappa shape index (κ3) is 10.5. The number of esters is 1. The molecule has 8 nitrogen and oxygen atoms in total. The zero-order chi connectivity index (χ0) is 32.5. The molecule has 46 heavy (non-hydrogen) atoms. The first-order valence-electron chi connectivity index (χ1n) is 16.6. The minimum absolute atomic E-state index is 0.0909. The van der Waals surface area contributed by atoms with Gasteiger partial charge in [-0.25, -0.2) is 4.79 Å². The highest BCUT2D eigenvalue weighted by atomic mass is 16.6. The topological polar surface area (TPSA) is 96.0 Å². The molecule has 0 aromatic heterocycles. The number of hydrogen-bond acceptors (Lipinski definition) is 8. The van der Waals surface area contributed by atoms with E-state index in [0.29, 0.717) is 25.4 Å². The maximum absolute atomic E-state index is 13.2. The van der Waals surface area contributed by atoms with E-state index in [1.807, 2.05) is 36.4 Å². The lowest BCUT2D eigenvalue weighted by Gasteiger charge is -2.28. The van der Waals surface area contributed by atoms with E-state index in [9.17, 15) is 9.90 Å². The lowest BCUT2D eigenvalue weighted by atomic mass is 9.91. The fourth-order valence-corrected chi connectivity index (χ4v) is 6.51. The Labute approximate surface area is 273 Å². The Morgan fingerprint density at radius 1 is 1.09 bits per heavy atom. The quantitative estimate of drug-likeness (QED) is 0.211. The standard InChI is InChI=1S/C38H50O8/c1-25-17-18-42-31(20-25)15-16-34(43-24-28-11-13-29(41-4)14-12-28)35-23-33(39)38-36(46-38)22-27(3)19-26(2)21-32-9-5-7-30(44-32)8-6-10-37(40)45-35/h5-7,10-17,26,30-36,38-39H,3,8-9,18-24H2,1-2,4H3/b10-6-,16-15+/t26-,30-,31+,32-,33-,34-,35-,36-,38-/m0/s1. The number of fused-ring (bicyclic) bond motifs is 3. The number of carbonyl (C=O) groups is 1. The van der Waals surface area contributed by atoms with Gasteiger partial charge in [-0.3, -0.25) is 0 Å². The van der Waals surface area contributed by atoms with E-state index in [1.54, 1.807) is 13.2 Å². The van der Waals surface area contributed by atoms with Gasteiger partial charge in [0.2, 0.25) is 0 Å². The van der Waals surface area contributed by atoms with Crippen molar-refractivity contribution in [3.8, 4) is 5.75 Å². The van der Waals surface area contributed by atoms with Crippen LogP contribution in [0.25, 0.3) is 0 Å². The summed E-state index contributed by atoms with van der Waals surface area (Å²) in [5.74, 6) is 0.680. The third-order valence-corrected chi connectivity index (χ3v) is 9.02. The molecule has 0 aliphatic carbocycles. The van der Waals surface area contributed by atoms with Crippen molar-refractivity contribution in [3.63, 3.8) is 0 Å². The molecule has 1 fully saturated rings. The minimum atomic E-state index is -0.842. The molecule has 0 amide bonds. The van der Waals surface area contributed by atoms with Gasteiger partial charge in [-0.1, -0.05) is 73.2 Å². The SMILES string of the molecule is C=C1C[C@H](C)C[C@@H]2CC=C[C@@H](C/C=C\C(=O)O[C@H]([C@H](/C=C/[C@@H]3CC(C)=CCO3)OCc3ccc(OC)cc3)C[C@H](O)[C@@H]3O[C@H]3C1)O2. The highest BCUT2D eigenvalue weighted by molar-refractivity contribution is 5.82. The number of cyclic esters (lactones) is 1. The second-order valence-corrected chi connectivity index (χ2v) is 13.2. The van der Waals surface area contributed by atoms with E-state index in [2.05, 4.69) is 38.7 Å². The number of benzene rings is 1. The highest BCUT2D eigenvalue weighted by Gasteiger charge is 2.46. The van der Waals surface area contributed by atoms with E-state index in [4.69, 9.17) is 28.4 Å². The zero-order valence-corrected chi connectivity index (χ0v) is 27.4. The van der Waals surface area contributed by atoms with Crippen molar-refractivity contribution in [3.05, 3.63) is 90.1 Å². The lowest BCUT2D eigenvalue weighted by molar-refractivity contribution is -0.152. The van der Waals surface area contributed by atoms with Gasteiger partial charge in [-0.15, -0.1) is 0 Å². The van der Waals surface area contributed by atoms with Gasteiger partial charge in [-0.05, 0) is 69.1 Å². The van der Waals surface area contributed by atoms with E-state index >= 15 is 0 Å². The molecular weight excluding hydrogens is 584 g/mol. The summed E-state index contributed by atoms with van der Waals surface area (Å²) in [7, 11) is 1.63. The van der Waals surface area contributed by atoms with E-state index in [1.165, 1.54) is 11.6 Å². The molecule has 4 aliphatic heterocycles. The number of hydrogen-bond donors (Lipinski definition) is 1. The molecule has 1 aromatic rings. The van der Waals surface area contributed by atoms with Crippen LogP contribution in [0.5, 0.6) is 5.75 Å². The zero-order valence-electron chi connectivity index (χ0n) is 27.4. The molecule has 0 radical (unpaired) electrons. The molecule has 1 N–H and O–H groups in total. The fourth-order valence-electron chi connectivity index (χ4n) is 6.51. The maximum atomic E-state index is 13.2. The third-order valence-electron chi connectivity index (χ3n) is 9.02. The maximum Gasteiger partial charge on any atom is 0.330 e. The van der Waals surface area contributed by atoms with Gasteiger partial charge in [0.15, 0.2) is 0 Å². The van der Waals surface area contributed by atoms with Crippen LogP contribution in [0.4, 0.5) is 0 Å². The molecule has 2 bridgehead atoms. The molecule has 250 valence electrons. The van der Waals surface area contributed by atoms with Crippen molar-refractivity contribution in [2.75, 3.05) is 13.7 Å². The Kier molecular flexibility index (Phi) is 12.5. The number of aliphatic hydroxyl groups is 1. The molecule has 5 rings (SSSR count). The van der Waals surface area contributed by atoms with Gasteiger partial charge in [0.25, 0.3) is 0 Å². The Bertz CT molecular complexity index is 1280. The van der Waals surface area contributed by atoms with Gasteiger partial charge in [0.1, 0.15) is 24.1 Å². The van der Waals surface area contributed by atoms with Crippen LogP contribution < -0.4 is 4.74 Å². The van der Waals surface area contributed by atoms with Crippen molar-refractivity contribution >= 4 is 5.97 Å². The number of methoxy groups -OCH3 is 1. The number of epoxide rings is 1. The lowest BCUT2D eigenvalue weighted by Crippen LogP contribution is -2.37. The largest absolute Gasteiger partial charge is 0.497 e. The van der Waals surface area contributed by atoms with E-state index < -0.39 is 24.3 Å². The van der Waals surface area contributed by atoms with Gasteiger partial charge >= 0.3 is 5.97 Å². The van der Waals surface area contributed by atoms with Gasteiger partial charge in [-0.2, -0.15) is 0 Å². The molecule has 9 atom stereocenters. The number of ether oxygens (including phenoxy) is 6. The second-order valence-electron chi connectivity index (χ2n) is 13.2. The Morgan fingerprint density at radius 2 is 1.91 bits per heavy atom. The first kappa shape index (κ1) is 34.3. The molecule has 8 heteroatoms. The van der Waals surface area contributed by atoms with Crippen molar-refractivity contribution < 1.29 is 38.3 Å². The number of rotatable bonds is 7. The summed E-state index contributed by atoms with van der Waals surface area (Å²) in [5, 5.41) is 11.3. The molecule has 4 aliphatic rings. The monoisotopic (exact) mass is 634 g/mol. The van der Waals surface area contributed by atoms with Gasteiger partial charge in [0, 0.05) is 12.5 Å². The highest BCUT2D eigenvalue weighted by Crippen LogP contribution is 2.35. The van der Waals surface area contributed by atoms with E-state index in [-0.39, 0.29) is 43.5 Å². The predicted molar refractivity (Wildman–Crippen MR) is 176 cm³/mol. The Hall–Kier alpha value is -3.01. The number of aliphatic hydroxyl groups excluding tert-OH is 1. The summed E-state index contributed by atoms with van der Waals surface area (Å²) in [6.07, 6.45) is 15.6. The summed E-state index contributed by atoms with van der Waals surface area (Å²) in [6.45, 7) is 9.46. The molecule has 0 saturated carbocycles. The summed E-state index contributed by atoms with van der Waals surface area (Å²) in [4.78, 5) is 13.2. The summed E-state index contributed by atoms with van der Waals surface area (Å²) < 4.78 is 36.0. The smallest absolute Gasteiger partial charge is 0.330 e. The van der Waals surface area contributed by atoms with Crippen LogP contribution in [0.3, 0.4) is 0 Å². The number of carbonyl (C=O) groups excluding carboxylic acids is 1. The average Bonchev–Trinajstić information content (AvgIpc) is 3.80. The van der Waals surface area contributed by atoms with Crippen LogP contribution in [0, 0.1) is 5.92 Å². The van der Waals surface area contributed by atoms with E-state index in [0.717, 1.165) is 42.6 Å². The van der Waals surface area contributed by atoms with Gasteiger partial charge in [0.05, 0.1) is 50.8 Å². The van der Waals surface area contributed by atoms with Crippen LogP contribution >= 0.6 is 0 Å². The summed E-state index contributed by atoms with van der Waals surface area (Å²) >= 11 is 0. The average molecular weight is 635 g/mol. The first-order chi connectivity index (χ1) is 22.2. The Balaban J connectivity index is 1.36. The van der Waals surface area contributed by atoms with Crippen molar-refractivity contribution in [2.45, 2.75) is 114 Å². The predicted octanol–water partition coefficient (Wildman–Crippen LogP) is 6.34. The molecule has 1 saturated heterocycles. The minimum Gasteiger partial charge on any atom is -0.497 e. The molecule has 0 unspecified atom stereocenters. The molecule has 1 aromatic carbocycles. The van der Waals surface area contributed by atoms with Crippen molar-refractivity contribution in [1.29, 1.82) is 0 Å². The normalized spacial score (nSPS) is 34.0. The van der Waals surface area contributed by atoms with Crippen molar-refractivity contribution in [2.24, 2.45) is 5.92 Å². The molecular formula is C38H50O8. The summed E-state index contributed by atoms with van der Waals surface area (Å²) in [5.41, 5.74) is 3.31. The fraction of sp³-hybridized carbons (Fsp3) is 0.553. The first-order valence-corrected chi connectivity index (χ1v) is 16.6.